The lowest BCUT2D eigenvalue weighted by Gasteiger charge is -2.31. The summed E-state index contributed by atoms with van der Waals surface area (Å²) < 4.78 is 0. The molecule has 1 atom stereocenters. The quantitative estimate of drug-likeness (QED) is 0.744. The van der Waals surface area contributed by atoms with Crippen LogP contribution in [0.2, 0.25) is 0 Å². The molecular formula is C11H22N2O. The first-order valence-corrected chi connectivity index (χ1v) is 5.63. The van der Waals surface area contributed by atoms with Gasteiger partial charge >= 0.3 is 0 Å². The van der Waals surface area contributed by atoms with Gasteiger partial charge in [0.25, 0.3) is 0 Å². The third-order valence-corrected chi connectivity index (χ3v) is 2.75. The number of nitrogens with two attached hydrogens (primary N) is 1. The first-order valence-electron chi connectivity index (χ1n) is 5.63. The second-order valence-electron chi connectivity index (χ2n) is 4.67. The van der Waals surface area contributed by atoms with Crippen molar-refractivity contribution in [2.45, 2.75) is 45.6 Å². The van der Waals surface area contributed by atoms with Crippen LogP contribution < -0.4 is 5.73 Å². The van der Waals surface area contributed by atoms with Crippen LogP contribution in [0.3, 0.4) is 0 Å². The smallest absolute Gasteiger partial charge is 0.222 e. The van der Waals surface area contributed by atoms with E-state index in [0.29, 0.717) is 12.3 Å². The average molecular weight is 198 g/mol. The van der Waals surface area contributed by atoms with E-state index in [0.717, 1.165) is 32.4 Å². The van der Waals surface area contributed by atoms with Crippen molar-refractivity contribution in [1.82, 2.24) is 4.90 Å². The molecule has 0 bridgehead atoms. The minimum absolute atomic E-state index is 0.201. The van der Waals surface area contributed by atoms with Gasteiger partial charge in [0, 0.05) is 25.6 Å². The van der Waals surface area contributed by atoms with Gasteiger partial charge in [0.15, 0.2) is 0 Å². The number of piperidine rings is 1. The standard InChI is InChI=1S/C11H22N2O/c1-9(2)5-6-11(14)13-7-3-4-10(12)8-13/h9-10H,3-8,12H2,1-2H3. The van der Waals surface area contributed by atoms with Crippen LogP contribution in [0.5, 0.6) is 0 Å². The van der Waals surface area contributed by atoms with Crippen molar-refractivity contribution in [3.63, 3.8) is 0 Å². The van der Waals surface area contributed by atoms with Crippen LogP contribution in [-0.2, 0) is 4.79 Å². The molecule has 3 heteroatoms. The Kier molecular flexibility index (Phi) is 4.39. The fourth-order valence-electron chi connectivity index (χ4n) is 1.81. The van der Waals surface area contributed by atoms with Gasteiger partial charge in [0.1, 0.15) is 0 Å². The Labute approximate surface area is 86.6 Å². The van der Waals surface area contributed by atoms with Crippen molar-refractivity contribution in [3.8, 4) is 0 Å². The summed E-state index contributed by atoms with van der Waals surface area (Å²) in [6.07, 6.45) is 3.80. The third kappa shape index (κ3) is 3.66. The normalized spacial score (nSPS) is 22.9. The largest absolute Gasteiger partial charge is 0.341 e. The van der Waals surface area contributed by atoms with Gasteiger partial charge in [-0.2, -0.15) is 0 Å². The number of hydrogen-bond donors (Lipinski definition) is 1. The van der Waals surface area contributed by atoms with Crippen molar-refractivity contribution in [2.24, 2.45) is 11.7 Å². The molecule has 0 aromatic heterocycles. The third-order valence-electron chi connectivity index (χ3n) is 2.75. The molecule has 82 valence electrons. The van der Waals surface area contributed by atoms with Crippen LogP contribution in [0.4, 0.5) is 0 Å². The van der Waals surface area contributed by atoms with Crippen LogP contribution in [0.1, 0.15) is 39.5 Å². The molecule has 1 rings (SSSR count). The van der Waals surface area contributed by atoms with Crippen LogP contribution in [0.25, 0.3) is 0 Å². The van der Waals surface area contributed by atoms with Crippen LogP contribution >= 0.6 is 0 Å². The zero-order chi connectivity index (χ0) is 10.6. The fraction of sp³-hybridized carbons (Fsp3) is 0.909. The Balaban J connectivity index is 2.29. The van der Waals surface area contributed by atoms with Crippen molar-refractivity contribution in [2.75, 3.05) is 13.1 Å². The van der Waals surface area contributed by atoms with E-state index in [1.54, 1.807) is 0 Å². The Bertz CT molecular complexity index is 192. The Morgan fingerprint density at radius 2 is 2.29 bits per heavy atom. The maximum absolute atomic E-state index is 11.7. The van der Waals surface area contributed by atoms with E-state index in [1.807, 2.05) is 4.90 Å². The Hall–Kier alpha value is -0.570. The predicted octanol–water partition coefficient (Wildman–Crippen LogP) is 1.37. The fourth-order valence-corrected chi connectivity index (χ4v) is 1.81. The number of likely N-dealkylation sites (tertiary alicyclic amines) is 1. The molecule has 1 aliphatic heterocycles. The molecule has 1 aliphatic rings. The molecule has 0 spiro atoms. The topological polar surface area (TPSA) is 46.3 Å². The van der Waals surface area contributed by atoms with Gasteiger partial charge in [-0.15, -0.1) is 0 Å². The van der Waals surface area contributed by atoms with E-state index < -0.39 is 0 Å². The summed E-state index contributed by atoms with van der Waals surface area (Å²) >= 11 is 0. The second-order valence-corrected chi connectivity index (χ2v) is 4.67. The van der Waals surface area contributed by atoms with Gasteiger partial charge in [-0.1, -0.05) is 13.8 Å². The molecule has 1 saturated heterocycles. The van der Waals surface area contributed by atoms with Gasteiger partial charge in [-0.25, -0.2) is 0 Å². The summed E-state index contributed by atoms with van der Waals surface area (Å²) in [5.41, 5.74) is 5.82. The van der Waals surface area contributed by atoms with Crippen molar-refractivity contribution < 1.29 is 4.79 Å². The van der Waals surface area contributed by atoms with E-state index in [-0.39, 0.29) is 11.9 Å². The van der Waals surface area contributed by atoms with Crippen LogP contribution in [-0.4, -0.2) is 29.9 Å². The lowest BCUT2D eigenvalue weighted by Crippen LogP contribution is -2.45. The van der Waals surface area contributed by atoms with Crippen LogP contribution in [0, 0.1) is 5.92 Å². The molecule has 0 saturated carbocycles. The molecule has 1 fully saturated rings. The van der Waals surface area contributed by atoms with E-state index >= 15 is 0 Å². The first-order chi connectivity index (χ1) is 6.59. The van der Waals surface area contributed by atoms with Gasteiger partial charge < -0.3 is 10.6 Å². The summed E-state index contributed by atoms with van der Waals surface area (Å²) in [5.74, 6) is 0.895. The number of hydrogen-bond acceptors (Lipinski definition) is 2. The van der Waals surface area contributed by atoms with Gasteiger partial charge in [-0.3, -0.25) is 4.79 Å². The molecule has 1 heterocycles. The van der Waals surface area contributed by atoms with Crippen molar-refractivity contribution >= 4 is 5.91 Å². The highest BCUT2D eigenvalue weighted by atomic mass is 16.2. The van der Waals surface area contributed by atoms with E-state index in [2.05, 4.69) is 13.8 Å². The molecule has 3 nitrogen and oxygen atoms in total. The second kappa shape index (κ2) is 5.35. The number of carbonyl (C=O) groups is 1. The molecule has 0 aromatic rings. The average Bonchev–Trinajstić information content (AvgIpc) is 2.14. The lowest BCUT2D eigenvalue weighted by molar-refractivity contribution is -0.132. The minimum Gasteiger partial charge on any atom is -0.341 e. The van der Waals surface area contributed by atoms with E-state index in [9.17, 15) is 4.79 Å². The molecular weight excluding hydrogens is 176 g/mol. The molecule has 0 aromatic carbocycles. The summed E-state index contributed by atoms with van der Waals surface area (Å²) in [6, 6.07) is 0.201. The number of nitrogens with zero attached hydrogens (tertiary/aromatic N) is 1. The minimum atomic E-state index is 0.201. The Morgan fingerprint density at radius 1 is 1.57 bits per heavy atom. The highest BCUT2D eigenvalue weighted by Gasteiger charge is 2.20. The van der Waals surface area contributed by atoms with Crippen LogP contribution in [0.15, 0.2) is 0 Å². The maximum atomic E-state index is 11.7. The molecule has 1 amide bonds. The summed E-state index contributed by atoms with van der Waals surface area (Å²) in [4.78, 5) is 13.6. The summed E-state index contributed by atoms with van der Waals surface area (Å²) in [6.45, 7) is 5.96. The zero-order valence-corrected chi connectivity index (χ0v) is 9.33. The van der Waals surface area contributed by atoms with E-state index in [1.165, 1.54) is 0 Å². The number of rotatable bonds is 3. The number of carbonyl (C=O) groups excluding carboxylic acids is 1. The Morgan fingerprint density at radius 3 is 2.86 bits per heavy atom. The first kappa shape index (κ1) is 11.5. The molecule has 0 aliphatic carbocycles. The predicted molar refractivity (Wildman–Crippen MR) is 57.9 cm³/mol. The SMILES string of the molecule is CC(C)CCC(=O)N1CCCC(N)C1. The van der Waals surface area contributed by atoms with E-state index in [4.69, 9.17) is 5.73 Å². The maximum Gasteiger partial charge on any atom is 0.222 e. The lowest BCUT2D eigenvalue weighted by atomic mass is 10.0. The zero-order valence-electron chi connectivity index (χ0n) is 9.33. The molecule has 1 unspecified atom stereocenters. The highest BCUT2D eigenvalue weighted by Crippen LogP contribution is 2.12. The highest BCUT2D eigenvalue weighted by molar-refractivity contribution is 5.76. The molecule has 14 heavy (non-hydrogen) atoms. The van der Waals surface area contributed by atoms with Gasteiger partial charge in [0.2, 0.25) is 5.91 Å². The van der Waals surface area contributed by atoms with Gasteiger partial charge in [0.05, 0.1) is 0 Å². The van der Waals surface area contributed by atoms with Crippen molar-refractivity contribution in [3.05, 3.63) is 0 Å². The molecule has 0 radical (unpaired) electrons. The monoisotopic (exact) mass is 198 g/mol. The summed E-state index contributed by atoms with van der Waals surface area (Å²) in [5, 5.41) is 0. The van der Waals surface area contributed by atoms with Crippen molar-refractivity contribution in [1.29, 1.82) is 0 Å². The van der Waals surface area contributed by atoms with Gasteiger partial charge in [-0.05, 0) is 25.2 Å². The number of amides is 1. The molecule has 2 N–H and O–H groups in total. The summed E-state index contributed by atoms with van der Waals surface area (Å²) in [7, 11) is 0.